The number of imidazole rings is 1. The van der Waals surface area contributed by atoms with E-state index in [-0.39, 0.29) is 17.5 Å². The number of alkyl halides is 1. The Labute approximate surface area is 138 Å². The zero-order chi connectivity index (χ0) is 18.1. The van der Waals surface area contributed by atoms with Gasteiger partial charge in [-0.05, 0) is 27.7 Å². The van der Waals surface area contributed by atoms with E-state index in [9.17, 15) is 15.3 Å². The van der Waals surface area contributed by atoms with Gasteiger partial charge in [-0.25, -0.2) is 9.37 Å². The van der Waals surface area contributed by atoms with E-state index in [4.69, 9.17) is 10.5 Å². The van der Waals surface area contributed by atoms with Crippen LogP contribution in [0.3, 0.4) is 0 Å². The molecule has 0 aromatic carbocycles. The van der Waals surface area contributed by atoms with Gasteiger partial charge in [0.05, 0.1) is 12.9 Å². The van der Waals surface area contributed by atoms with Crippen LogP contribution in [-0.2, 0) is 10.5 Å². The van der Waals surface area contributed by atoms with Crippen molar-refractivity contribution in [1.82, 2.24) is 14.9 Å². The highest BCUT2D eigenvalue weighted by atomic mass is 19.1. The Morgan fingerprint density at radius 2 is 2.04 bits per heavy atom. The Kier molecular flexibility index (Phi) is 3.32. The molecule has 24 heavy (non-hydrogen) atoms. The van der Waals surface area contributed by atoms with Gasteiger partial charge < -0.3 is 31.1 Å². The van der Waals surface area contributed by atoms with E-state index in [0.717, 1.165) is 0 Å². The van der Waals surface area contributed by atoms with Crippen molar-refractivity contribution in [3.8, 4) is 0 Å². The number of aromatic nitrogens is 2. The van der Waals surface area contributed by atoms with Crippen LogP contribution in [0.4, 0.5) is 10.2 Å². The number of hydrogen-bond acceptors (Lipinski definition) is 8. The topological polar surface area (TPSA) is 138 Å². The third-order valence-electron chi connectivity index (χ3n) is 5.54. The molecule has 10 heteroatoms. The van der Waals surface area contributed by atoms with Gasteiger partial charge in [0.2, 0.25) is 0 Å². The molecule has 0 bridgehead atoms. The highest BCUT2D eigenvalue weighted by molar-refractivity contribution is 5.82. The van der Waals surface area contributed by atoms with E-state index < -0.39 is 35.4 Å². The normalized spacial score (nSPS) is 44.8. The first-order valence-corrected chi connectivity index (χ1v) is 7.50. The van der Waals surface area contributed by atoms with Crippen molar-refractivity contribution < 1.29 is 24.4 Å². The minimum Gasteiger partial charge on any atom is -0.393 e. The maximum atomic E-state index is 15.8. The van der Waals surface area contributed by atoms with Crippen LogP contribution in [-0.4, -0.2) is 54.3 Å². The van der Waals surface area contributed by atoms with E-state index in [0.29, 0.717) is 0 Å². The summed E-state index contributed by atoms with van der Waals surface area (Å²) < 4.78 is 22.9. The highest BCUT2D eigenvalue weighted by Crippen LogP contribution is 2.57. The fraction of sp³-hybridized carbons (Fsp3) is 0.714. The summed E-state index contributed by atoms with van der Waals surface area (Å²) in [4.78, 5) is 8.11. The minimum absolute atomic E-state index is 0.0596. The maximum absolute atomic E-state index is 15.8. The fourth-order valence-electron chi connectivity index (χ4n) is 3.37. The lowest BCUT2D eigenvalue weighted by Crippen LogP contribution is -2.60. The molecule has 1 saturated heterocycles. The van der Waals surface area contributed by atoms with Gasteiger partial charge in [-0.15, -0.1) is 0 Å². The van der Waals surface area contributed by atoms with Crippen molar-refractivity contribution in [3.05, 3.63) is 12.0 Å². The lowest BCUT2D eigenvalue weighted by Gasteiger charge is -2.40. The van der Waals surface area contributed by atoms with Crippen LogP contribution in [0.1, 0.15) is 39.6 Å². The summed E-state index contributed by atoms with van der Waals surface area (Å²) in [5.41, 5.74) is -1.88. The summed E-state index contributed by atoms with van der Waals surface area (Å²) in [5.74, 6) is 0.0544. The first-order valence-electron chi connectivity index (χ1n) is 7.50. The van der Waals surface area contributed by atoms with Crippen LogP contribution in [0.15, 0.2) is 11.3 Å². The molecule has 0 amide bonds. The molecule has 1 fully saturated rings. The Bertz CT molecular complexity index is 718. The van der Waals surface area contributed by atoms with Gasteiger partial charge in [0.15, 0.2) is 29.4 Å². The molecule has 1 aromatic rings. The van der Waals surface area contributed by atoms with Crippen molar-refractivity contribution >= 4 is 11.8 Å². The zero-order valence-corrected chi connectivity index (χ0v) is 13.9. The van der Waals surface area contributed by atoms with E-state index in [2.05, 4.69) is 15.3 Å². The molecule has 6 N–H and O–H groups in total. The second-order valence-electron chi connectivity index (χ2n) is 6.92. The van der Waals surface area contributed by atoms with Crippen LogP contribution in [0.25, 0.3) is 0 Å². The number of guanidine groups is 1. The molecule has 0 aliphatic carbocycles. The largest absolute Gasteiger partial charge is 0.393 e. The van der Waals surface area contributed by atoms with Crippen molar-refractivity contribution in [1.29, 1.82) is 0 Å². The molecule has 0 radical (unpaired) electrons. The first-order chi connectivity index (χ1) is 10.9. The second-order valence-corrected chi connectivity index (χ2v) is 6.92. The summed E-state index contributed by atoms with van der Waals surface area (Å²) in [6.45, 7) is 4.70. The monoisotopic (exact) mass is 343 g/mol. The average Bonchev–Trinajstić information content (AvgIpc) is 2.94. The molecule has 3 heterocycles. The molecule has 5 atom stereocenters. The van der Waals surface area contributed by atoms with Crippen molar-refractivity contribution in [3.63, 3.8) is 0 Å². The number of nitrogens with two attached hydrogens (primary N) is 1. The molecule has 3 rings (SSSR count). The third-order valence-corrected chi connectivity index (χ3v) is 5.54. The molecule has 2 aliphatic rings. The Hall–Kier alpha value is -1.75. The van der Waals surface area contributed by atoms with Gasteiger partial charge in [-0.3, -0.25) is 4.57 Å². The number of halogens is 1. The van der Waals surface area contributed by atoms with E-state index >= 15 is 4.39 Å². The summed E-state index contributed by atoms with van der Waals surface area (Å²) in [6.07, 6.45) is 0.0636. The predicted molar refractivity (Wildman–Crippen MR) is 82.0 cm³/mol. The summed E-state index contributed by atoms with van der Waals surface area (Å²) >= 11 is 0. The van der Waals surface area contributed by atoms with Gasteiger partial charge in [-0.1, -0.05) is 0 Å². The number of nitrogens with zero attached hydrogens (tertiary/aromatic N) is 3. The van der Waals surface area contributed by atoms with Gasteiger partial charge in [0.25, 0.3) is 0 Å². The lowest BCUT2D eigenvalue weighted by atomic mass is 9.74. The van der Waals surface area contributed by atoms with Crippen molar-refractivity contribution in [2.45, 2.75) is 56.5 Å². The molecule has 9 nitrogen and oxygen atoms in total. The Morgan fingerprint density at radius 1 is 1.42 bits per heavy atom. The second kappa shape index (κ2) is 4.66. The Balaban J connectivity index is 2.21. The minimum atomic E-state index is -2.33. The fourth-order valence-corrected chi connectivity index (χ4v) is 3.37. The molecule has 0 saturated carbocycles. The van der Waals surface area contributed by atoms with E-state index in [1.807, 2.05) is 0 Å². The highest BCUT2D eigenvalue weighted by Gasteiger charge is 2.74. The van der Waals surface area contributed by atoms with E-state index in [1.165, 1.54) is 38.6 Å². The number of aliphatic hydroxyl groups excluding tert-OH is 2. The number of fused-ring (bicyclic) bond motifs is 1. The van der Waals surface area contributed by atoms with Crippen molar-refractivity contribution in [2.75, 3.05) is 6.61 Å². The number of hydrogen-bond donors (Lipinski definition) is 5. The summed E-state index contributed by atoms with van der Waals surface area (Å²) in [7, 11) is 0. The molecule has 1 aromatic heterocycles. The third kappa shape index (κ3) is 1.76. The Morgan fingerprint density at radius 3 is 2.58 bits per heavy atom. The van der Waals surface area contributed by atoms with Gasteiger partial charge in [0, 0.05) is 0 Å². The molecule has 134 valence electrons. The van der Waals surface area contributed by atoms with Crippen LogP contribution >= 0.6 is 0 Å². The number of aliphatic hydroxyl groups is 3. The smallest absolute Gasteiger partial charge is 0.197 e. The average molecular weight is 343 g/mol. The summed E-state index contributed by atoms with van der Waals surface area (Å²) in [5, 5.41) is 32.9. The maximum Gasteiger partial charge on any atom is 0.197 e. The lowest BCUT2D eigenvalue weighted by molar-refractivity contribution is -0.182. The number of rotatable bonds is 2. The SMILES string of the molecule is CC1(O)C(C)(F)[C@](C)(n2cnc3c2N=C(N)NC3O)O[C@]1(C)CO. The molecular formula is C14H22FN5O4. The number of nitrogens with one attached hydrogen (secondary N) is 1. The predicted octanol–water partition coefficient (Wildman–Crippen LogP) is -0.643. The molecule has 0 spiro atoms. The quantitative estimate of drug-likeness (QED) is 0.481. The zero-order valence-electron chi connectivity index (χ0n) is 13.9. The van der Waals surface area contributed by atoms with Gasteiger partial charge in [-0.2, -0.15) is 4.99 Å². The number of aliphatic imine (C=N–C) groups is 1. The van der Waals surface area contributed by atoms with Crippen LogP contribution in [0.2, 0.25) is 0 Å². The van der Waals surface area contributed by atoms with Gasteiger partial charge in [0.1, 0.15) is 16.9 Å². The molecular weight excluding hydrogens is 321 g/mol. The van der Waals surface area contributed by atoms with Crippen LogP contribution in [0, 0.1) is 0 Å². The summed E-state index contributed by atoms with van der Waals surface area (Å²) in [6, 6.07) is 0. The van der Waals surface area contributed by atoms with Gasteiger partial charge >= 0.3 is 0 Å². The molecule has 2 aliphatic heterocycles. The van der Waals surface area contributed by atoms with E-state index in [1.54, 1.807) is 0 Å². The standard InChI is InChI=1S/C14H22FN5O4/c1-11(5-21)13(3,23)12(2,15)14(4,24-11)20-6-17-7-8(20)18-10(16)19-9(7)22/h6,9,21-23H,5H2,1-4H3,(H3,16,18,19)/t9?,11-,12?,13?,14-/m1/s1. The molecule has 3 unspecified atom stereocenters. The first kappa shape index (κ1) is 17.1. The van der Waals surface area contributed by atoms with Crippen LogP contribution < -0.4 is 11.1 Å². The van der Waals surface area contributed by atoms with Crippen LogP contribution in [0.5, 0.6) is 0 Å². The van der Waals surface area contributed by atoms with Crippen molar-refractivity contribution in [2.24, 2.45) is 10.7 Å². The number of ether oxygens (including phenoxy) is 1.